The van der Waals surface area contributed by atoms with E-state index >= 15 is 0 Å². The third-order valence-electron chi connectivity index (χ3n) is 2.90. The van der Waals surface area contributed by atoms with Crippen molar-refractivity contribution in [1.29, 1.82) is 0 Å². The average molecular weight is 238 g/mol. The number of nitrogens with zero attached hydrogens (tertiary/aromatic N) is 3. The van der Waals surface area contributed by atoms with Crippen molar-refractivity contribution in [3.63, 3.8) is 0 Å². The van der Waals surface area contributed by atoms with Gasteiger partial charge in [0.25, 0.3) is 0 Å². The van der Waals surface area contributed by atoms with Gasteiger partial charge in [-0.15, -0.1) is 0 Å². The lowest BCUT2D eigenvalue weighted by Crippen LogP contribution is -2.09. The molecule has 0 amide bonds. The molecule has 4 heteroatoms. The largest absolute Gasteiger partial charge is 0.313 e. The summed E-state index contributed by atoms with van der Waals surface area (Å²) >= 11 is 0. The number of aryl methyl sites for hydroxylation is 1. The molecule has 0 aliphatic rings. The van der Waals surface area contributed by atoms with E-state index in [0.29, 0.717) is 6.54 Å². The van der Waals surface area contributed by atoms with Crippen molar-refractivity contribution < 1.29 is 0 Å². The molecular formula is C14H14N4. The van der Waals surface area contributed by atoms with E-state index < -0.39 is 0 Å². The van der Waals surface area contributed by atoms with Crippen LogP contribution in [-0.4, -0.2) is 22.0 Å². The number of benzene rings is 1. The maximum Gasteiger partial charge on any atom is 0.163 e. The third kappa shape index (κ3) is 1.91. The smallest absolute Gasteiger partial charge is 0.163 e. The van der Waals surface area contributed by atoms with Crippen LogP contribution in [0.15, 0.2) is 30.5 Å². The molecule has 1 N–H and O–H groups in total. The molecule has 0 spiro atoms. The van der Waals surface area contributed by atoms with Crippen molar-refractivity contribution in [2.24, 2.45) is 0 Å². The molecule has 0 aliphatic heterocycles. The predicted octanol–water partition coefficient (Wildman–Crippen LogP) is 2.21. The highest BCUT2D eigenvalue weighted by atomic mass is 15.0. The summed E-state index contributed by atoms with van der Waals surface area (Å²) in [4.78, 5) is 13.4. The Morgan fingerprint density at radius 1 is 1.11 bits per heavy atom. The number of rotatable bonds is 2. The Morgan fingerprint density at radius 3 is 2.83 bits per heavy atom. The van der Waals surface area contributed by atoms with Gasteiger partial charge < -0.3 is 5.32 Å². The topological polar surface area (TPSA) is 50.7 Å². The van der Waals surface area contributed by atoms with Crippen LogP contribution in [-0.2, 0) is 6.54 Å². The van der Waals surface area contributed by atoms with E-state index in [9.17, 15) is 0 Å². The highest BCUT2D eigenvalue weighted by Crippen LogP contribution is 2.18. The summed E-state index contributed by atoms with van der Waals surface area (Å²) < 4.78 is 0. The van der Waals surface area contributed by atoms with Crippen LogP contribution < -0.4 is 5.32 Å². The fraction of sp³-hybridized carbons (Fsp3) is 0.214. The van der Waals surface area contributed by atoms with Crippen LogP contribution in [0.4, 0.5) is 0 Å². The van der Waals surface area contributed by atoms with Gasteiger partial charge in [0.1, 0.15) is 5.82 Å². The van der Waals surface area contributed by atoms with Crippen molar-refractivity contribution in [2.75, 3.05) is 7.05 Å². The van der Waals surface area contributed by atoms with Crippen LogP contribution in [0.2, 0.25) is 0 Å². The molecule has 1 aromatic carbocycles. The number of fused-ring (bicyclic) bond motifs is 2. The average Bonchev–Trinajstić information content (AvgIpc) is 2.36. The molecule has 0 unspecified atom stereocenters. The minimum absolute atomic E-state index is 0.656. The fourth-order valence-corrected chi connectivity index (χ4v) is 2.01. The number of pyridine rings is 1. The fourth-order valence-electron chi connectivity index (χ4n) is 2.01. The molecule has 0 radical (unpaired) electrons. The van der Waals surface area contributed by atoms with E-state index in [1.165, 1.54) is 5.56 Å². The van der Waals surface area contributed by atoms with E-state index in [0.717, 1.165) is 27.8 Å². The highest BCUT2D eigenvalue weighted by Gasteiger charge is 2.03. The molecule has 4 nitrogen and oxygen atoms in total. The van der Waals surface area contributed by atoms with Crippen molar-refractivity contribution in [2.45, 2.75) is 13.5 Å². The highest BCUT2D eigenvalue weighted by molar-refractivity contribution is 5.90. The SMILES string of the molecule is CNCc1ncc2cc3ccc(C)cc3nc2n1. The monoisotopic (exact) mass is 238 g/mol. The zero-order valence-electron chi connectivity index (χ0n) is 10.4. The first-order valence-electron chi connectivity index (χ1n) is 5.94. The molecule has 0 fully saturated rings. The van der Waals surface area contributed by atoms with Gasteiger partial charge >= 0.3 is 0 Å². The van der Waals surface area contributed by atoms with Crippen LogP contribution >= 0.6 is 0 Å². The Bertz CT molecular complexity index is 721. The molecule has 2 aromatic heterocycles. The van der Waals surface area contributed by atoms with Crippen molar-refractivity contribution >= 4 is 21.9 Å². The second-order valence-corrected chi connectivity index (χ2v) is 4.41. The summed E-state index contributed by atoms with van der Waals surface area (Å²) in [6, 6.07) is 8.33. The quantitative estimate of drug-likeness (QED) is 0.695. The molecule has 0 bridgehead atoms. The van der Waals surface area contributed by atoms with E-state index in [-0.39, 0.29) is 0 Å². The van der Waals surface area contributed by atoms with Gasteiger partial charge in [-0.05, 0) is 31.7 Å². The van der Waals surface area contributed by atoms with E-state index in [1.807, 2.05) is 13.2 Å². The first kappa shape index (κ1) is 11.0. The van der Waals surface area contributed by atoms with Gasteiger partial charge in [-0.3, -0.25) is 0 Å². The van der Waals surface area contributed by atoms with E-state index in [2.05, 4.69) is 51.5 Å². The van der Waals surface area contributed by atoms with Gasteiger partial charge in [0.2, 0.25) is 0 Å². The van der Waals surface area contributed by atoms with Gasteiger partial charge in [-0.2, -0.15) is 0 Å². The second kappa shape index (κ2) is 4.31. The first-order chi connectivity index (χ1) is 8.76. The zero-order chi connectivity index (χ0) is 12.5. The molecule has 18 heavy (non-hydrogen) atoms. The summed E-state index contributed by atoms with van der Waals surface area (Å²) in [6.45, 7) is 2.72. The summed E-state index contributed by atoms with van der Waals surface area (Å²) in [5.74, 6) is 0.768. The maximum atomic E-state index is 4.60. The molecule has 0 saturated carbocycles. The maximum absolute atomic E-state index is 4.60. The van der Waals surface area contributed by atoms with Gasteiger partial charge in [-0.25, -0.2) is 15.0 Å². The summed E-state index contributed by atoms with van der Waals surface area (Å²) in [5, 5.41) is 5.14. The number of hydrogen-bond acceptors (Lipinski definition) is 4. The number of hydrogen-bond donors (Lipinski definition) is 1. The molecular weight excluding hydrogens is 224 g/mol. The summed E-state index contributed by atoms with van der Waals surface area (Å²) in [7, 11) is 1.88. The molecule has 0 atom stereocenters. The number of aromatic nitrogens is 3. The van der Waals surface area contributed by atoms with Gasteiger partial charge in [-0.1, -0.05) is 12.1 Å². The molecule has 3 rings (SSSR count). The lowest BCUT2D eigenvalue weighted by Gasteiger charge is -2.03. The van der Waals surface area contributed by atoms with Crippen LogP contribution in [0.3, 0.4) is 0 Å². The third-order valence-corrected chi connectivity index (χ3v) is 2.90. The van der Waals surface area contributed by atoms with Gasteiger partial charge in [0, 0.05) is 17.0 Å². The van der Waals surface area contributed by atoms with Crippen molar-refractivity contribution in [1.82, 2.24) is 20.3 Å². The molecule has 3 aromatic rings. The lowest BCUT2D eigenvalue weighted by molar-refractivity contribution is 0.763. The minimum Gasteiger partial charge on any atom is -0.313 e. The van der Waals surface area contributed by atoms with Crippen LogP contribution in [0.1, 0.15) is 11.4 Å². The number of nitrogens with one attached hydrogen (secondary N) is 1. The Morgan fingerprint density at radius 2 is 2.00 bits per heavy atom. The molecule has 0 aliphatic carbocycles. The van der Waals surface area contributed by atoms with Crippen molar-refractivity contribution in [3.8, 4) is 0 Å². The first-order valence-corrected chi connectivity index (χ1v) is 5.94. The standard InChI is InChI=1S/C14H14N4/c1-9-3-4-10-6-11-7-16-13(8-15-2)18-14(11)17-12(10)5-9/h3-7,15H,8H2,1-2H3. The van der Waals surface area contributed by atoms with Crippen LogP contribution in [0.5, 0.6) is 0 Å². The normalized spacial score (nSPS) is 11.2. The zero-order valence-corrected chi connectivity index (χ0v) is 10.4. The van der Waals surface area contributed by atoms with E-state index in [1.54, 1.807) is 0 Å². The van der Waals surface area contributed by atoms with Crippen LogP contribution in [0, 0.1) is 6.92 Å². The Kier molecular flexibility index (Phi) is 2.64. The molecule has 2 heterocycles. The Labute approximate surface area is 105 Å². The Balaban J connectivity index is 2.25. The van der Waals surface area contributed by atoms with Gasteiger partial charge in [0.15, 0.2) is 5.65 Å². The molecule has 90 valence electrons. The van der Waals surface area contributed by atoms with Crippen molar-refractivity contribution in [3.05, 3.63) is 41.9 Å². The Hall–Kier alpha value is -2.07. The predicted molar refractivity (Wildman–Crippen MR) is 72.3 cm³/mol. The van der Waals surface area contributed by atoms with Crippen LogP contribution in [0.25, 0.3) is 21.9 Å². The second-order valence-electron chi connectivity index (χ2n) is 4.41. The minimum atomic E-state index is 0.656. The summed E-state index contributed by atoms with van der Waals surface area (Å²) in [5.41, 5.74) is 2.95. The summed E-state index contributed by atoms with van der Waals surface area (Å²) in [6.07, 6.45) is 1.83. The van der Waals surface area contributed by atoms with E-state index in [4.69, 9.17) is 0 Å². The van der Waals surface area contributed by atoms with Gasteiger partial charge in [0.05, 0.1) is 12.1 Å². The lowest BCUT2D eigenvalue weighted by atomic mass is 10.1. The molecule has 0 saturated heterocycles.